The third-order valence-corrected chi connectivity index (χ3v) is 2.22. The largest absolute Gasteiger partial charge is 0.396 e. The van der Waals surface area contributed by atoms with E-state index < -0.39 is 5.60 Å². The van der Waals surface area contributed by atoms with Crippen molar-refractivity contribution in [3.63, 3.8) is 0 Å². The second-order valence-corrected chi connectivity index (χ2v) is 3.73. The first-order chi connectivity index (χ1) is 6.57. The lowest BCUT2D eigenvalue weighted by Gasteiger charge is -2.20. The predicted molar refractivity (Wildman–Crippen MR) is 51.7 cm³/mol. The first-order valence-corrected chi connectivity index (χ1v) is 4.79. The molecule has 0 aliphatic rings. The maximum Gasteiger partial charge on any atom is 0.0849 e. The standard InChI is InChI=1S/C9H17N3O2/c1-3-9(2,14)7-12-6-8(4-5-13)10-11-12/h6,13-14H,3-5,7H2,1-2H3. The van der Waals surface area contributed by atoms with Gasteiger partial charge in [-0.2, -0.15) is 0 Å². The van der Waals surface area contributed by atoms with Crippen LogP contribution in [-0.4, -0.2) is 37.4 Å². The van der Waals surface area contributed by atoms with Crippen molar-refractivity contribution in [3.8, 4) is 0 Å². The van der Waals surface area contributed by atoms with Gasteiger partial charge in [0.15, 0.2) is 0 Å². The van der Waals surface area contributed by atoms with E-state index in [1.807, 2.05) is 6.92 Å². The maximum absolute atomic E-state index is 9.78. The van der Waals surface area contributed by atoms with Crippen LogP contribution in [0.25, 0.3) is 0 Å². The highest BCUT2D eigenvalue weighted by atomic mass is 16.3. The van der Waals surface area contributed by atoms with Crippen LogP contribution in [0.3, 0.4) is 0 Å². The van der Waals surface area contributed by atoms with Gasteiger partial charge < -0.3 is 10.2 Å². The average molecular weight is 199 g/mol. The fourth-order valence-electron chi connectivity index (χ4n) is 1.11. The molecule has 1 atom stereocenters. The zero-order valence-corrected chi connectivity index (χ0v) is 8.64. The van der Waals surface area contributed by atoms with Crippen LogP contribution in [0.15, 0.2) is 6.20 Å². The lowest BCUT2D eigenvalue weighted by Crippen LogP contribution is -2.29. The van der Waals surface area contributed by atoms with Gasteiger partial charge in [0.2, 0.25) is 0 Å². The predicted octanol–water partition coefficient (Wildman–Crippen LogP) is -0.0261. The molecule has 0 bridgehead atoms. The van der Waals surface area contributed by atoms with Crippen LogP contribution in [0.4, 0.5) is 0 Å². The Morgan fingerprint density at radius 1 is 1.57 bits per heavy atom. The zero-order chi connectivity index (χ0) is 10.6. The average Bonchev–Trinajstić information content (AvgIpc) is 2.53. The zero-order valence-electron chi connectivity index (χ0n) is 8.64. The Labute approximate surface area is 83.4 Å². The summed E-state index contributed by atoms with van der Waals surface area (Å²) in [5.74, 6) is 0. The minimum absolute atomic E-state index is 0.0723. The molecule has 1 rings (SSSR count). The quantitative estimate of drug-likeness (QED) is 0.698. The van der Waals surface area contributed by atoms with Crippen molar-refractivity contribution in [2.75, 3.05) is 6.61 Å². The number of hydrogen-bond acceptors (Lipinski definition) is 4. The smallest absolute Gasteiger partial charge is 0.0849 e. The van der Waals surface area contributed by atoms with Gasteiger partial charge in [0.25, 0.3) is 0 Å². The van der Waals surface area contributed by atoms with Gasteiger partial charge in [-0.05, 0) is 13.3 Å². The van der Waals surface area contributed by atoms with Crippen LogP contribution >= 0.6 is 0 Å². The Hall–Kier alpha value is -0.940. The number of aromatic nitrogens is 3. The Kier molecular flexibility index (Phi) is 3.60. The molecule has 0 aromatic carbocycles. The molecule has 0 saturated heterocycles. The van der Waals surface area contributed by atoms with Gasteiger partial charge in [-0.3, -0.25) is 0 Å². The number of rotatable bonds is 5. The maximum atomic E-state index is 9.78. The molecule has 1 aromatic heterocycles. The van der Waals surface area contributed by atoms with Crippen LogP contribution in [-0.2, 0) is 13.0 Å². The molecule has 0 aliphatic heterocycles. The highest BCUT2D eigenvalue weighted by Gasteiger charge is 2.18. The van der Waals surface area contributed by atoms with Crippen LogP contribution in [0.1, 0.15) is 26.0 Å². The van der Waals surface area contributed by atoms with Gasteiger partial charge in [0.1, 0.15) is 0 Å². The molecule has 2 N–H and O–H groups in total. The Balaban J connectivity index is 2.59. The molecule has 5 heteroatoms. The SMILES string of the molecule is CCC(C)(O)Cn1cc(CCO)nn1. The molecule has 5 nitrogen and oxygen atoms in total. The van der Waals surface area contributed by atoms with E-state index in [0.29, 0.717) is 19.4 Å². The molecule has 0 radical (unpaired) electrons. The molecule has 0 aliphatic carbocycles. The van der Waals surface area contributed by atoms with Crippen molar-refractivity contribution in [1.82, 2.24) is 15.0 Å². The summed E-state index contributed by atoms with van der Waals surface area (Å²) in [6.45, 7) is 4.19. The van der Waals surface area contributed by atoms with Crippen LogP contribution < -0.4 is 0 Å². The molecular formula is C9H17N3O2. The highest BCUT2D eigenvalue weighted by Crippen LogP contribution is 2.10. The molecule has 0 spiro atoms. The van der Waals surface area contributed by atoms with Gasteiger partial charge in [0.05, 0.1) is 17.8 Å². The summed E-state index contributed by atoms with van der Waals surface area (Å²) in [7, 11) is 0. The summed E-state index contributed by atoms with van der Waals surface area (Å²) in [6.07, 6.45) is 2.93. The van der Waals surface area contributed by atoms with Crippen LogP contribution in [0, 0.1) is 0 Å². The monoisotopic (exact) mass is 199 g/mol. The molecule has 0 amide bonds. The molecule has 1 unspecified atom stereocenters. The number of nitrogens with zero attached hydrogens (tertiary/aromatic N) is 3. The van der Waals surface area contributed by atoms with Crippen molar-refractivity contribution < 1.29 is 10.2 Å². The second-order valence-electron chi connectivity index (χ2n) is 3.73. The molecule has 80 valence electrons. The van der Waals surface area contributed by atoms with E-state index in [1.165, 1.54) is 0 Å². The van der Waals surface area contributed by atoms with Gasteiger partial charge in [0, 0.05) is 19.2 Å². The topological polar surface area (TPSA) is 71.2 Å². The summed E-state index contributed by atoms with van der Waals surface area (Å²) < 4.78 is 1.61. The molecule has 0 fully saturated rings. The minimum atomic E-state index is -0.746. The minimum Gasteiger partial charge on any atom is -0.396 e. The van der Waals surface area contributed by atoms with Crippen molar-refractivity contribution >= 4 is 0 Å². The summed E-state index contributed by atoms with van der Waals surface area (Å²) in [5.41, 5.74) is 0.00360. The molecule has 0 saturated carbocycles. The van der Waals surface area contributed by atoms with Gasteiger partial charge in [-0.25, -0.2) is 4.68 Å². The lowest BCUT2D eigenvalue weighted by molar-refractivity contribution is 0.0339. The molecule has 1 aromatic rings. The Morgan fingerprint density at radius 3 is 2.86 bits per heavy atom. The van der Waals surface area contributed by atoms with E-state index in [0.717, 1.165) is 5.69 Å². The second kappa shape index (κ2) is 4.52. The summed E-state index contributed by atoms with van der Waals surface area (Å²) in [5, 5.41) is 26.2. The number of aliphatic hydroxyl groups excluding tert-OH is 1. The van der Waals surface area contributed by atoms with Crippen molar-refractivity contribution in [3.05, 3.63) is 11.9 Å². The molecular weight excluding hydrogens is 182 g/mol. The molecule has 14 heavy (non-hydrogen) atoms. The van der Waals surface area contributed by atoms with E-state index in [9.17, 15) is 5.11 Å². The van der Waals surface area contributed by atoms with Gasteiger partial charge in [-0.15, -0.1) is 5.10 Å². The first kappa shape index (κ1) is 11.1. The number of aliphatic hydroxyl groups is 2. The Bertz CT molecular complexity index is 283. The summed E-state index contributed by atoms with van der Waals surface area (Å²) >= 11 is 0. The third kappa shape index (κ3) is 3.08. The van der Waals surface area contributed by atoms with Gasteiger partial charge >= 0.3 is 0 Å². The summed E-state index contributed by atoms with van der Waals surface area (Å²) in [4.78, 5) is 0. The van der Waals surface area contributed by atoms with Gasteiger partial charge in [-0.1, -0.05) is 12.1 Å². The van der Waals surface area contributed by atoms with E-state index in [1.54, 1.807) is 17.8 Å². The van der Waals surface area contributed by atoms with E-state index in [2.05, 4.69) is 10.3 Å². The summed E-state index contributed by atoms with van der Waals surface area (Å²) in [6, 6.07) is 0. The molecule has 1 heterocycles. The van der Waals surface area contributed by atoms with E-state index in [-0.39, 0.29) is 6.61 Å². The highest BCUT2D eigenvalue weighted by molar-refractivity contribution is 4.92. The lowest BCUT2D eigenvalue weighted by atomic mass is 10.0. The fourth-order valence-corrected chi connectivity index (χ4v) is 1.11. The van der Waals surface area contributed by atoms with Crippen LogP contribution in [0.2, 0.25) is 0 Å². The fraction of sp³-hybridized carbons (Fsp3) is 0.778. The Morgan fingerprint density at radius 2 is 2.29 bits per heavy atom. The third-order valence-electron chi connectivity index (χ3n) is 2.22. The first-order valence-electron chi connectivity index (χ1n) is 4.79. The van der Waals surface area contributed by atoms with Crippen molar-refractivity contribution in [2.45, 2.75) is 38.8 Å². The van der Waals surface area contributed by atoms with E-state index >= 15 is 0 Å². The number of hydrogen-bond donors (Lipinski definition) is 2. The van der Waals surface area contributed by atoms with Crippen molar-refractivity contribution in [1.29, 1.82) is 0 Å². The van der Waals surface area contributed by atoms with Crippen molar-refractivity contribution in [2.24, 2.45) is 0 Å². The normalized spacial score (nSPS) is 15.4. The van der Waals surface area contributed by atoms with Crippen LogP contribution in [0.5, 0.6) is 0 Å². The van der Waals surface area contributed by atoms with E-state index in [4.69, 9.17) is 5.11 Å².